The van der Waals surface area contributed by atoms with Crippen LogP contribution >= 0.6 is 0 Å². The molecule has 0 amide bonds. The van der Waals surface area contributed by atoms with Crippen LogP contribution in [0.2, 0.25) is 0 Å². The first-order valence-corrected chi connectivity index (χ1v) is 4.72. The topological polar surface area (TPSA) is 63.9 Å². The second kappa shape index (κ2) is 4.14. The summed E-state index contributed by atoms with van der Waals surface area (Å²) in [5.74, 6) is 0.805. The standard InChI is InChI=1S/C11H13N3O/c1-15-10-5-3-2-4-8(10)11-9(6-12)13-7-14-11/h2-5,7H,6,12H2,1H3,(H,13,14). The highest BCUT2D eigenvalue weighted by atomic mass is 16.5. The Kier molecular flexibility index (Phi) is 2.69. The van der Waals surface area contributed by atoms with Crippen molar-refractivity contribution >= 4 is 0 Å². The molecule has 1 aromatic heterocycles. The Labute approximate surface area is 88.1 Å². The number of ether oxygens (including phenoxy) is 1. The molecule has 0 saturated carbocycles. The number of nitrogens with zero attached hydrogens (tertiary/aromatic N) is 1. The Morgan fingerprint density at radius 3 is 2.93 bits per heavy atom. The van der Waals surface area contributed by atoms with Crippen LogP contribution < -0.4 is 10.5 Å². The summed E-state index contributed by atoms with van der Waals surface area (Å²) in [6.07, 6.45) is 1.64. The molecule has 0 unspecified atom stereocenters. The minimum Gasteiger partial charge on any atom is -0.496 e. The number of para-hydroxylation sites is 1. The van der Waals surface area contributed by atoms with Gasteiger partial charge in [0.25, 0.3) is 0 Å². The summed E-state index contributed by atoms with van der Waals surface area (Å²) >= 11 is 0. The first kappa shape index (κ1) is 9.73. The molecule has 0 radical (unpaired) electrons. The van der Waals surface area contributed by atoms with Gasteiger partial charge in [-0.2, -0.15) is 0 Å². The number of aromatic amines is 1. The van der Waals surface area contributed by atoms with Gasteiger partial charge >= 0.3 is 0 Å². The molecule has 4 heteroatoms. The summed E-state index contributed by atoms with van der Waals surface area (Å²) < 4.78 is 5.27. The third-order valence-corrected chi connectivity index (χ3v) is 2.28. The van der Waals surface area contributed by atoms with E-state index < -0.39 is 0 Å². The number of aromatic nitrogens is 2. The lowest BCUT2D eigenvalue weighted by Gasteiger charge is -2.06. The molecule has 2 rings (SSSR count). The Morgan fingerprint density at radius 2 is 2.20 bits per heavy atom. The zero-order chi connectivity index (χ0) is 10.7. The molecular formula is C11H13N3O. The summed E-state index contributed by atoms with van der Waals surface area (Å²) in [7, 11) is 1.65. The monoisotopic (exact) mass is 203 g/mol. The maximum absolute atomic E-state index is 5.61. The Morgan fingerprint density at radius 1 is 1.40 bits per heavy atom. The van der Waals surface area contributed by atoms with Crippen LogP contribution in [0.4, 0.5) is 0 Å². The van der Waals surface area contributed by atoms with Crippen molar-refractivity contribution in [3.05, 3.63) is 36.3 Å². The molecule has 0 aliphatic carbocycles. The Balaban J connectivity index is 2.53. The van der Waals surface area contributed by atoms with Gasteiger partial charge in [0.15, 0.2) is 0 Å². The number of nitrogens with two attached hydrogens (primary N) is 1. The fraction of sp³-hybridized carbons (Fsp3) is 0.182. The normalized spacial score (nSPS) is 10.3. The Hall–Kier alpha value is -1.81. The van der Waals surface area contributed by atoms with Crippen LogP contribution in [0.5, 0.6) is 5.75 Å². The second-order valence-electron chi connectivity index (χ2n) is 3.13. The molecule has 1 heterocycles. The van der Waals surface area contributed by atoms with Crippen LogP contribution in [0.3, 0.4) is 0 Å². The van der Waals surface area contributed by atoms with Gasteiger partial charge in [0, 0.05) is 12.1 Å². The molecule has 0 saturated heterocycles. The summed E-state index contributed by atoms with van der Waals surface area (Å²) in [5, 5.41) is 0. The van der Waals surface area contributed by atoms with Crippen LogP contribution in [0.25, 0.3) is 11.3 Å². The van der Waals surface area contributed by atoms with Crippen molar-refractivity contribution in [3.8, 4) is 17.0 Å². The minimum absolute atomic E-state index is 0.438. The lowest BCUT2D eigenvalue weighted by Crippen LogP contribution is -1.99. The third kappa shape index (κ3) is 1.71. The van der Waals surface area contributed by atoms with Crippen molar-refractivity contribution in [1.29, 1.82) is 0 Å². The highest BCUT2D eigenvalue weighted by molar-refractivity contribution is 5.68. The van der Waals surface area contributed by atoms with E-state index in [9.17, 15) is 0 Å². The number of H-pyrrole nitrogens is 1. The van der Waals surface area contributed by atoms with Crippen LogP contribution in [0.15, 0.2) is 30.6 Å². The highest BCUT2D eigenvalue weighted by Gasteiger charge is 2.10. The largest absolute Gasteiger partial charge is 0.496 e. The molecule has 0 atom stereocenters. The predicted molar refractivity (Wildman–Crippen MR) is 58.5 cm³/mol. The van der Waals surface area contributed by atoms with E-state index in [0.29, 0.717) is 6.54 Å². The first-order chi connectivity index (χ1) is 7.36. The number of methoxy groups -OCH3 is 1. The van der Waals surface area contributed by atoms with E-state index in [1.807, 2.05) is 24.3 Å². The molecule has 0 aliphatic rings. The van der Waals surface area contributed by atoms with Crippen LogP contribution in [-0.4, -0.2) is 17.1 Å². The number of nitrogens with one attached hydrogen (secondary N) is 1. The molecule has 0 aliphatic heterocycles. The quantitative estimate of drug-likeness (QED) is 0.795. The van der Waals surface area contributed by atoms with Crippen LogP contribution in [0.1, 0.15) is 5.69 Å². The van der Waals surface area contributed by atoms with E-state index in [1.54, 1.807) is 13.4 Å². The molecular weight excluding hydrogens is 190 g/mol. The zero-order valence-corrected chi connectivity index (χ0v) is 8.53. The van der Waals surface area contributed by atoms with Gasteiger partial charge in [-0.05, 0) is 12.1 Å². The van der Waals surface area contributed by atoms with Gasteiger partial charge in [-0.1, -0.05) is 12.1 Å². The second-order valence-corrected chi connectivity index (χ2v) is 3.13. The van der Waals surface area contributed by atoms with E-state index in [0.717, 1.165) is 22.7 Å². The van der Waals surface area contributed by atoms with Crippen LogP contribution in [0, 0.1) is 0 Å². The number of imidazole rings is 1. The maximum Gasteiger partial charge on any atom is 0.128 e. The zero-order valence-electron chi connectivity index (χ0n) is 8.53. The predicted octanol–water partition coefficient (Wildman–Crippen LogP) is 1.54. The van der Waals surface area contributed by atoms with Crippen molar-refractivity contribution in [1.82, 2.24) is 9.97 Å². The molecule has 0 bridgehead atoms. The fourth-order valence-corrected chi connectivity index (χ4v) is 1.55. The smallest absolute Gasteiger partial charge is 0.128 e. The summed E-state index contributed by atoms with van der Waals surface area (Å²) in [6, 6.07) is 7.75. The summed E-state index contributed by atoms with van der Waals surface area (Å²) in [6.45, 7) is 0.438. The number of rotatable bonds is 3. The average molecular weight is 203 g/mol. The van der Waals surface area contributed by atoms with Crippen molar-refractivity contribution < 1.29 is 4.74 Å². The number of hydrogen-bond acceptors (Lipinski definition) is 3. The van der Waals surface area contributed by atoms with Crippen molar-refractivity contribution in [2.24, 2.45) is 5.73 Å². The first-order valence-electron chi connectivity index (χ1n) is 4.72. The van der Waals surface area contributed by atoms with Gasteiger partial charge in [-0.25, -0.2) is 4.98 Å². The fourth-order valence-electron chi connectivity index (χ4n) is 1.55. The molecule has 78 valence electrons. The molecule has 0 fully saturated rings. The minimum atomic E-state index is 0.438. The van der Waals surface area contributed by atoms with Crippen LogP contribution in [-0.2, 0) is 6.54 Å². The third-order valence-electron chi connectivity index (χ3n) is 2.28. The molecule has 1 aromatic carbocycles. The summed E-state index contributed by atoms with van der Waals surface area (Å²) in [4.78, 5) is 7.26. The molecule has 2 aromatic rings. The molecule has 4 nitrogen and oxygen atoms in total. The van der Waals surface area contributed by atoms with Gasteiger partial charge in [0.1, 0.15) is 5.75 Å². The summed E-state index contributed by atoms with van der Waals surface area (Å²) in [5.41, 5.74) is 8.34. The average Bonchev–Trinajstić information content (AvgIpc) is 2.76. The highest BCUT2D eigenvalue weighted by Crippen LogP contribution is 2.29. The van der Waals surface area contributed by atoms with E-state index >= 15 is 0 Å². The lowest BCUT2D eigenvalue weighted by molar-refractivity contribution is 0.416. The lowest BCUT2D eigenvalue weighted by atomic mass is 10.1. The van der Waals surface area contributed by atoms with Crippen molar-refractivity contribution in [2.45, 2.75) is 6.54 Å². The van der Waals surface area contributed by atoms with Gasteiger partial charge in [-0.15, -0.1) is 0 Å². The number of hydrogen-bond donors (Lipinski definition) is 2. The van der Waals surface area contributed by atoms with Crippen molar-refractivity contribution in [2.75, 3.05) is 7.11 Å². The Bertz CT molecular complexity index is 451. The van der Waals surface area contributed by atoms with E-state index in [1.165, 1.54) is 0 Å². The number of benzene rings is 1. The van der Waals surface area contributed by atoms with Gasteiger partial charge in [0.2, 0.25) is 0 Å². The van der Waals surface area contributed by atoms with Gasteiger partial charge in [-0.3, -0.25) is 0 Å². The SMILES string of the molecule is COc1ccccc1-c1nc[nH]c1CN. The molecule has 3 N–H and O–H groups in total. The maximum atomic E-state index is 5.61. The van der Waals surface area contributed by atoms with E-state index in [4.69, 9.17) is 10.5 Å². The van der Waals surface area contributed by atoms with E-state index in [-0.39, 0.29) is 0 Å². The molecule has 0 spiro atoms. The van der Waals surface area contributed by atoms with E-state index in [2.05, 4.69) is 9.97 Å². The van der Waals surface area contributed by atoms with Crippen molar-refractivity contribution in [3.63, 3.8) is 0 Å². The molecule has 15 heavy (non-hydrogen) atoms. The van der Waals surface area contributed by atoms with Gasteiger partial charge < -0.3 is 15.5 Å². The van der Waals surface area contributed by atoms with Gasteiger partial charge in [0.05, 0.1) is 24.8 Å².